The van der Waals surface area contributed by atoms with Crippen molar-refractivity contribution in [2.24, 2.45) is 5.92 Å². The molecule has 0 fully saturated rings. The van der Waals surface area contributed by atoms with Gasteiger partial charge in [0.05, 0.1) is 31.7 Å². The SMILES string of the molecule is Cc1cc([C@H](C#N)c2ccc(Cl)c([N+](=O)[O-])c2)c(Cl)cc1NC(=O)c1cc(I)c(NC(=O)C(C)C)c(I)c1O. The van der Waals surface area contributed by atoms with E-state index in [9.17, 15) is 30.1 Å². The van der Waals surface area contributed by atoms with Gasteiger partial charge in [-0.25, -0.2) is 0 Å². The van der Waals surface area contributed by atoms with Crippen molar-refractivity contribution in [2.75, 3.05) is 10.6 Å². The zero-order valence-corrected chi connectivity index (χ0v) is 26.4. The molecule has 202 valence electrons. The molecule has 3 N–H and O–H groups in total. The summed E-state index contributed by atoms with van der Waals surface area (Å²) in [4.78, 5) is 36.0. The van der Waals surface area contributed by atoms with E-state index in [-0.39, 0.29) is 38.9 Å². The zero-order chi connectivity index (χ0) is 29.2. The molecule has 0 saturated heterocycles. The molecule has 13 heteroatoms. The summed E-state index contributed by atoms with van der Waals surface area (Å²) in [5.41, 5.74) is 1.72. The number of hydrogen-bond acceptors (Lipinski definition) is 6. The summed E-state index contributed by atoms with van der Waals surface area (Å²) >= 11 is 16.3. The lowest BCUT2D eigenvalue weighted by Gasteiger charge is -2.18. The first kappa shape index (κ1) is 30.9. The van der Waals surface area contributed by atoms with Crippen molar-refractivity contribution < 1.29 is 19.6 Å². The van der Waals surface area contributed by atoms with Gasteiger partial charge in [0.2, 0.25) is 5.91 Å². The first-order valence-electron chi connectivity index (χ1n) is 11.2. The smallest absolute Gasteiger partial charge is 0.288 e. The number of hydrogen-bond donors (Lipinski definition) is 3. The Bertz CT molecular complexity index is 1560. The number of nitrogens with one attached hydrogen (secondary N) is 2. The van der Waals surface area contributed by atoms with Crippen LogP contribution in [0.3, 0.4) is 0 Å². The minimum absolute atomic E-state index is 0.00526. The number of nitro groups is 1. The number of halogens is 4. The van der Waals surface area contributed by atoms with Crippen LogP contribution in [0.25, 0.3) is 0 Å². The van der Waals surface area contributed by atoms with Gasteiger partial charge < -0.3 is 15.7 Å². The Balaban J connectivity index is 1.94. The topological polar surface area (TPSA) is 145 Å². The van der Waals surface area contributed by atoms with E-state index in [0.717, 1.165) is 0 Å². The van der Waals surface area contributed by atoms with Crippen molar-refractivity contribution in [3.63, 3.8) is 0 Å². The van der Waals surface area contributed by atoms with Crippen LogP contribution < -0.4 is 10.6 Å². The van der Waals surface area contributed by atoms with Crippen molar-refractivity contribution in [1.82, 2.24) is 0 Å². The van der Waals surface area contributed by atoms with Crippen LogP contribution in [0.2, 0.25) is 10.0 Å². The van der Waals surface area contributed by atoms with Crippen LogP contribution >= 0.6 is 68.4 Å². The van der Waals surface area contributed by atoms with Gasteiger partial charge in [0, 0.05) is 26.3 Å². The maximum Gasteiger partial charge on any atom is 0.288 e. The maximum absolute atomic E-state index is 13.1. The predicted octanol–water partition coefficient (Wildman–Crippen LogP) is 7.63. The van der Waals surface area contributed by atoms with E-state index in [1.54, 1.807) is 26.8 Å². The molecule has 39 heavy (non-hydrogen) atoms. The Morgan fingerprint density at radius 2 is 1.77 bits per heavy atom. The Hall–Kier alpha value is -2.67. The lowest BCUT2D eigenvalue weighted by molar-refractivity contribution is -0.384. The third kappa shape index (κ3) is 6.74. The number of amides is 2. The number of aromatic hydroxyl groups is 1. The van der Waals surface area contributed by atoms with Gasteiger partial charge in [-0.2, -0.15) is 5.26 Å². The number of carbonyl (C=O) groups excluding carboxylic acids is 2. The fourth-order valence-electron chi connectivity index (χ4n) is 3.59. The fourth-order valence-corrected chi connectivity index (χ4v) is 5.99. The standard InChI is InChI=1S/C26H20Cl2I2N4O5/c1-11(2)25(36)33-23-19(29)8-15(24(35)22(23)30)26(37)32-20-9-18(28)14(6-12(20)3)16(10-31)13-4-5-17(27)21(7-13)34(38)39/h4-9,11,16,35H,1-3H3,(H,32,37)(H,33,36)/t16-/m1/s1. The molecular formula is C26H20Cl2I2N4O5. The summed E-state index contributed by atoms with van der Waals surface area (Å²) in [5.74, 6) is -2.33. The molecule has 0 aliphatic carbocycles. The van der Waals surface area contributed by atoms with Gasteiger partial charge in [-0.15, -0.1) is 0 Å². The van der Waals surface area contributed by atoms with Crippen LogP contribution in [-0.4, -0.2) is 21.8 Å². The van der Waals surface area contributed by atoms with Crippen LogP contribution in [0.15, 0.2) is 36.4 Å². The van der Waals surface area contributed by atoms with Gasteiger partial charge in [0.1, 0.15) is 10.8 Å². The normalized spacial score (nSPS) is 11.6. The van der Waals surface area contributed by atoms with Gasteiger partial charge in [0.15, 0.2) is 0 Å². The second-order valence-corrected chi connectivity index (χ2v) is 11.8. The van der Waals surface area contributed by atoms with Crippen molar-refractivity contribution in [2.45, 2.75) is 26.7 Å². The molecule has 3 aromatic carbocycles. The van der Waals surface area contributed by atoms with E-state index in [2.05, 4.69) is 16.7 Å². The molecular weight excluding hydrogens is 773 g/mol. The number of benzene rings is 3. The van der Waals surface area contributed by atoms with Crippen LogP contribution in [0, 0.1) is 41.4 Å². The summed E-state index contributed by atoms with van der Waals surface area (Å²) in [6.07, 6.45) is 0. The number of carbonyl (C=O) groups is 2. The highest BCUT2D eigenvalue weighted by molar-refractivity contribution is 14.1. The average molecular weight is 793 g/mol. The van der Waals surface area contributed by atoms with Gasteiger partial charge in [-0.1, -0.05) is 49.2 Å². The van der Waals surface area contributed by atoms with E-state index in [1.807, 2.05) is 45.2 Å². The summed E-state index contributed by atoms with van der Waals surface area (Å²) < 4.78 is 0.880. The molecule has 1 atom stereocenters. The monoisotopic (exact) mass is 792 g/mol. The molecule has 3 rings (SSSR count). The fraction of sp³-hybridized carbons (Fsp3) is 0.192. The third-order valence-electron chi connectivity index (χ3n) is 5.74. The van der Waals surface area contributed by atoms with Crippen molar-refractivity contribution in [3.05, 3.63) is 86.0 Å². The third-order valence-corrected chi connectivity index (χ3v) is 8.29. The molecule has 0 aromatic heterocycles. The summed E-state index contributed by atoms with van der Waals surface area (Å²) in [5, 5.41) is 37.5. The molecule has 0 aliphatic rings. The number of phenolic OH excluding ortho intramolecular Hbond substituents is 1. The number of nitriles is 1. The second kappa shape index (κ2) is 12.7. The molecule has 0 spiro atoms. The van der Waals surface area contributed by atoms with E-state index in [4.69, 9.17) is 23.2 Å². The molecule has 0 aliphatic heterocycles. The highest BCUT2D eigenvalue weighted by Gasteiger charge is 2.25. The Morgan fingerprint density at radius 1 is 1.10 bits per heavy atom. The molecule has 0 saturated carbocycles. The van der Waals surface area contributed by atoms with Crippen molar-refractivity contribution in [1.29, 1.82) is 5.26 Å². The average Bonchev–Trinajstić information content (AvgIpc) is 2.87. The minimum atomic E-state index is -0.933. The Kier molecular flexibility index (Phi) is 10.0. The van der Waals surface area contributed by atoms with Crippen LogP contribution in [0.4, 0.5) is 17.1 Å². The van der Waals surface area contributed by atoms with E-state index in [0.29, 0.717) is 35.2 Å². The van der Waals surface area contributed by atoms with Crippen LogP contribution in [0.1, 0.15) is 46.8 Å². The number of anilines is 2. The van der Waals surface area contributed by atoms with Gasteiger partial charge >= 0.3 is 0 Å². The molecule has 0 radical (unpaired) electrons. The van der Waals surface area contributed by atoms with Gasteiger partial charge in [0.25, 0.3) is 11.6 Å². The highest BCUT2D eigenvalue weighted by atomic mass is 127. The van der Waals surface area contributed by atoms with E-state index < -0.39 is 16.7 Å². The zero-order valence-electron chi connectivity index (χ0n) is 20.6. The lowest BCUT2D eigenvalue weighted by Crippen LogP contribution is -2.20. The number of rotatable bonds is 7. The maximum atomic E-state index is 13.1. The quantitative estimate of drug-likeness (QED) is 0.128. The molecule has 2 amide bonds. The summed E-state index contributed by atoms with van der Waals surface area (Å²) in [6, 6.07) is 10.8. The number of phenols is 1. The second-order valence-electron chi connectivity index (χ2n) is 8.76. The molecule has 0 bridgehead atoms. The largest absolute Gasteiger partial charge is 0.506 e. The lowest BCUT2D eigenvalue weighted by atomic mass is 9.91. The number of nitro benzene ring substituents is 1. The van der Waals surface area contributed by atoms with Crippen LogP contribution in [0.5, 0.6) is 5.75 Å². The molecule has 9 nitrogen and oxygen atoms in total. The van der Waals surface area contributed by atoms with Crippen LogP contribution in [-0.2, 0) is 4.79 Å². The molecule has 0 unspecified atom stereocenters. The molecule has 0 heterocycles. The minimum Gasteiger partial charge on any atom is -0.506 e. The molecule has 3 aromatic rings. The first-order valence-corrected chi connectivity index (χ1v) is 14.1. The summed E-state index contributed by atoms with van der Waals surface area (Å²) in [6.45, 7) is 5.19. The van der Waals surface area contributed by atoms with Crippen molar-refractivity contribution >= 4 is 97.3 Å². The number of aryl methyl sites for hydroxylation is 1. The first-order chi connectivity index (χ1) is 18.3. The van der Waals surface area contributed by atoms with Gasteiger partial charge in [-0.3, -0.25) is 19.7 Å². The Labute approximate surface area is 261 Å². The Morgan fingerprint density at radius 3 is 2.36 bits per heavy atom. The van der Waals surface area contributed by atoms with E-state index >= 15 is 0 Å². The highest BCUT2D eigenvalue weighted by Crippen LogP contribution is 2.38. The van der Waals surface area contributed by atoms with Gasteiger partial charge in [-0.05, 0) is 87.0 Å². The predicted molar refractivity (Wildman–Crippen MR) is 167 cm³/mol. The summed E-state index contributed by atoms with van der Waals surface area (Å²) in [7, 11) is 0. The van der Waals surface area contributed by atoms with Crippen molar-refractivity contribution in [3.8, 4) is 11.8 Å². The van der Waals surface area contributed by atoms with E-state index in [1.165, 1.54) is 30.3 Å². The number of nitrogens with zero attached hydrogens (tertiary/aromatic N) is 2.